The van der Waals surface area contributed by atoms with Gasteiger partial charge in [0.2, 0.25) is 6.29 Å². The Morgan fingerprint density at radius 2 is 1.47 bits per heavy atom. The van der Waals surface area contributed by atoms with Gasteiger partial charge in [0.1, 0.15) is 24.4 Å². The molecule has 1 saturated heterocycles. The van der Waals surface area contributed by atoms with E-state index in [1.54, 1.807) is 0 Å². The fourth-order valence-electron chi connectivity index (χ4n) is 12.2. The average molecular weight is 667 g/mol. The van der Waals surface area contributed by atoms with Crippen molar-refractivity contribution in [2.24, 2.45) is 56.2 Å². The molecule has 0 radical (unpaired) electrons. The second-order valence-corrected chi connectivity index (χ2v) is 17.9. The van der Waals surface area contributed by atoms with Gasteiger partial charge < -0.3 is 50.3 Å². The molecule has 11 heteroatoms. The van der Waals surface area contributed by atoms with Crippen molar-refractivity contribution in [3.05, 3.63) is 12.2 Å². The summed E-state index contributed by atoms with van der Waals surface area (Å²) in [5.41, 5.74) is -3.49. The Morgan fingerprint density at radius 1 is 0.809 bits per heavy atom. The molecule has 1 heterocycles. The maximum Gasteiger partial charge on any atom is 0.314 e. The number of ether oxygens (including phenoxy) is 2. The molecule has 0 bridgehead atoms. The highest BCUT2D eigenvalue weighted by atomic mass is 16.7. The monoisotopic (exact) mass is 666 g/mol. The first-order valence-electron chi connectivity index (χ1n) is 17.6. The van der Waals surface area contributed by atoms with Gasteiger partial charge in [0.15, 0.2) is 0 Å². The van der Waals surface area contributed by atoms with E-state index in [4.69, 9.17) is 9.47 Å². The molecule has 47 heavy (non-hydrogen) atoms. The number of hydrogen-bond donors (Lipinski definition) is 8. The quantitative estimate of drug-likeness (QED) is 0.159. The smallest absolute Gasteiger partial charge is 0.314 e. The predicted molar refractivity (Wildman–Crippen MR) is 169 cm³/mol. The van der Waals surface area contributed by atoms with Crippen LogP contribution in [0.3, 0.4) is 0 Å². The van der Waals surface area contributed by atoms with E-state index in [0.29, 0.717) is 32.1 Å². The van der Waals surface area contributed by atoms with E-state index >= 15 is 0 Å². The molecule has 0 amide bonds. The Morgan fingerprint density at radius 3 is 2.11 bits per heavy atom. The number of esters is 1. The van der Waals surface area contributed by atoms with Crippen LogP contribution in [0.4, 0.5) is 0 Å². The van der Waals surface area contributed by atoms with Crippen LogP contribution in [0.2, 0.25) is 0 Å². The van der Waals surface area contributed by atoms with Gasteiger partial charge in [-0.1, -0.05) is 53.7 Å². The standard InChI is InChI=1S/C36H58O11/c1-31(2)11-13-36(30(45)47-29-26(42)25(41)24(40)20(16-37)46-29)14-12-34(5)18(23(36)28(31)44)7-8-22-32(3)15-19(39)27(43)33(4,17-38)21(32)9-10-35(22,34)6/h7-8,18-29,37-44H,9-17H2,1-6H3/t18-,19-,20-,21-,22-,23+,24-,25+,26-,27+,28+,29+,32+,33+,34-,35-,36+/m1/s1. The highest BCUT2D eigenvalue weighted by Crippen LogP contribution is 2.75. The third-order valence-corrected chi connectivity index (χ3v) is 15.5. The van der Waals surface area contributed by atoms with Gasteiger partial charge in [0.25, 0.3) is 0 Å². The van der Waals surface area contributed by atoms with Crippen LogP contribution in [0, 0.1) is 56.2 Å². The lowest BCUT2D eigenvalue weighted by Crippen LogP contribution is -2.70. The molecule has 1 aliphatic heterocycles. The van der Waals surface area contributed by atoms with Gasteiger partial charge in [0.05, 0.1) is 36.9 Å². The van der Waals surface area contributed by atoms with Crippen LogP contribution in [0.25, 0.3) is 0 Å². The Labute approximate surface area is 278 Å². The fourth-order valence-corrected chi connectivity index (χ4v) is 12.2. The van der Waals surface area contributed by atoms with Crippen molar-refractivity contribution < 1.29 is 55.1 Å². The summed E-state index contributed by atoms with van der Waals surface area (Å²) in [6.07, 6.45) is -2.11. The number of aliphatic hydroxyl groups excluding tert-OH is 8. The Balaban J connectivity index is 1.39. The molecule has 0 unspecified atom stereocenters. The zero-order valence-corrected chi connectivity index (χ0v) is 28.7. The van der Waals surface area contributed by atoms with Crippen LogP contribution in [0.5, 0.6) is 0 Å². The highest BCUT2D eigenvalue weighted by molar-refractivity contribution is 5.78. The van der Waals surface area contributed by atoms with Crippen molar-refractivity contribution in [1.29, 1.82) is 0 Å². The van der Waals surface area contributed by atoms with Crippen LogP contribution in [0.1, 0.15) is 86.5 Å². The lowest BCUT2D eigenvalue weighted by Gasteiger charge is -2.72. The van der Waals surface area contributed by atoms with E-state index in [1.165, 1.54) is 0 Å². The van der Waals surface area contributed by atoms with E-state index in [0.717, 1.165) is 12.8 Å². The molecule has 17 atom stereocenters. The molecule has 6 rings (SSSR count). The molecule has 5 fully saturated rings. The minimum atomic E-state index is -1.72. The average Bonchev–Trinajstić information content (AvgIpc) is 3.02. The normalized spacial score (nSPS) is 56.8. The van der Waals surface area contributed by atoms with Crippen molar-refractivity contribution in [2.45, 2.75) is 136 Å². The summed E-state index contributed by atoms with van der Waals surface area (Å²) in [6.45, 7) is 11.8. The first-order valence-corrected chi connectivity index (χ1v) is 17.6. The Hall–Kier alpha value is -1.15. The molecule has 0 aromatic carbocycles. The zero-order valence-electron chi connectivity index (χ0n) is 28.7. The maximum atomic E-state index is 14.4. The SMILES string of the molecule is CC1(C)CC[C@]2(C(=O)O[C@@H]3O[C@H](CO)[C@@H](O)[C@H](O)[C@H]3O)CC[C@]3(C)[C@H](C=C[C@@H]4[C@@]5(C)C[C@@H](O)[C@H](O)[C@@](C)(CO)[C@@H]5CC[C@]43C)[C@H]2[C@@H]1O. The van der Waals surface area contributed by atoms with E-state index in [2.05, 4.69) is 32.9 Å². The summed E-state index contributed by atoms with van der Waals surface area (Å²) < 4.78 is 11.4. The third kappa shape index (κ3) is 4.67. The number of carbonyl (C=O) groups is 1. The van der Waals surface area contributed by atoms with E-state index in [9.17, 15) is 45.6 Å². The van der Waals surface area contributed by atoms with Gasteiger partial charge in [-0.25, -0.2) is 0 Å². The Bertz CT molecular complexity index is 1260. The molecule has 0 aromatic rings. The van der Waals surface area contributed by atoms with Crippen LogP contribution in [-0.4, -0.2) is 109 Å². The summed E-state index contributed by atoms with van der Waals surface area (Å²) in [4.78, 5) is 14.4. The van der Waals surface area contributed by atoms with Crippen LogP contribution in [0.15, 0.2) is 12.2 Å². The van der Waals surface area contributed by atoms with Gasteiger partial charge in [-0.05, 0) is 84.4 Å². The zero-order chi connectivity index (χ0) is 34.7. The molecule has 268 valence electrons. The van der Waals surface area contributed by atoms with Crippen molar-refractivity contribution in [3.8, 4) is 0 Å². The highest BCUT2D eigenvalue weighted by Gasteiger charge is 2.72. The topological polar surface area (TPSA) is 197 Å². The van der Waals surface area contributed by atoms with Gasteiger partial charge in [0, 0.05) is 11.3 Å². The van der Waals surface area contributed by atoms with E-state index in [-0.39, 0.29) is 35.2 Å². The second kappa shape index (κ2) is 11.4. The lowest BCUT2D eigenvalue weighted by atomic mass is 9.32. The van der Waals surface area contributed by atoms with Gasteiger partial charge in [-0.2, -0.15) is 0 Å². The molecule has 4 saturated carbocycles. The third-order valence-electron chi connectivity index (χ3n) is 15.5. The number of allylic oxidation sites excluding steroid dienone is 2. The van der Waals surface area contributed by atoms with Crippen LogP contribution >= 0.6 is 0 Å². The van der Waals surface area contributed by atoms with Crippen molar-refractivity contribution in [3.63, 3.8) is 0 Å². The number of fused-ring (bicyclic) bond motifs is 7. The first-order chi connectivity index (χ1) is 21.8. The van der Waals surface area contributed by atoms with E-state index < -0.39 is 89.2 Å². The number of carbonyl (C=O) groups excluding carboxylic acids is 1. The molecule has 5 aliphatic carbocycles. The maximum absolute atomic E-state index is 14.4. The van der Waals surface area contributed by atoms with Crippen LogP contribution in [-0.2, 0) is 14.3 Å². The predicted octanol–water partition coefficient (Wildman–Crippen LogP) is 1.26. The fraction of sp³-hybridized carbons (Fsp3) is 0.917. The summed E-state index contributed by atoms with van der Waals surface area (Å²) in [5, 5.41) is 85.9. The number of rotatable bonds is 4. The Kier molecular flexibility index (Phi) is 8.68. The molecule has 8 N–H and O–H groups in total. The van der Waals surface area contributed by atoms with Crippen molar-refractivity contribution >= 4 is 5.97 Å². The molecule has 11 nitrogen and oxygen atoms in total. The molecule has 0 spiro atoms. The number of hydrogen-bond acceptors (Lipinski definition) is 11. The minimum absolute atomic E-state index is 0.0170. The number of aliphatic hydroxyl groups is 8. The van der Waals surface area contributed by atoms with Crippen LogP contribution < -0.4 is 0 Å². The van der Waals surface area contributed by atoms with Gasteiger partial charge in [-0.3, -0.25) is 4.79 Å². The summed E-state index contributed by atoms with van der Waals surface area (Å²) >= 11 is 0. The van der Waals surface area contributed by atoms with Gasteiger partial charge in [-0.15, -0.1) is 0 Å². The summed E-state index contributed by atoms with van der Waals surface area (Å²) in [6, 6.07) is 0. The summed E-state index contributed by atoms with van der Waals surface area (Å²) in [7, 11) is 0. The minimum Gasteiger partial charge on any atom is -0.432 e. The second-order valence-electron chi connectivity index (χ2n) is 17.9. The molecule has 0 aromatic heterocycles. The van der Waals surface area contributed by atoms with Crippen molar-refractivity contribution in [2.75, 3.05) is 13.2 Å². The lowest BCUT2D eigenvalue weighted by molar-refractivity contribution is -0.301. The molecular formula is C36H58O11. The summed E-state index contributed by atoms with van der Waals surface area (Å²) in [5.74, 6) is -1.36. The largest absolute Gasteiger partial charge is 0.432 e. The van der Waals surface area contributed by atoms with Crippen molar-refractivity contribution in [1.82, 2.24) is 0 Å². The van der Waals surface area contributed by atoms with Gasteiger partial charge >= 0.3 is 5.97 Å². The molecular weight excluding hydrogens is 608 g/mol. The molecule has 6 aliphatic rings. The first kappa shape index (κ1) is 35.7. The van der Waals surface area contributed by atoms with E-state index in [1.807, 2.05) is 20.8 Å².